The lowest BCUT2D eigenvalue weighted by molar-refractivity contribution is 1.64. The van der Waals surface area contributed by atoms with Gasteiger partial charge < -0.3 is 0 Å². The fraction of sp³-hybridized carbons (Fsp3) is 0. The zero-order valence-corrected chi connectivity index (χ0v) is 25.3. The lowest BCUT2D eigenvalue weighted by Crippen LogP contribution is -1.91. The van der Waals surface area contributed by atoms with Gasteiger partial charge in [-0.05, 0) is 106 Å². The molecule has 9 rings (SSSR count). The average Bonchev–Trinajstić information content (AvgIpc) is 3.13. The molecule has 214 valence electrons. The van der Waals surface area contributed by atoms with Crippen molar-refractivity contribution in [3.63, 3.8) is 0 Å². The van der Waals surface area contributed by atoms with Crippen molar-refractivity contribution >= 4 is 43.1 Å². The smallest absolute Gasteiger partial charge is 0.00262 e. The minimum Gasteiger partial charge on any atom is -0.0622 e. The monoisotopic (exact) mass is 582 g/mol. The Morgan fingerprint density at radius 1 is 0.217 bits per heavy atom. The van der Waals surface area contributed by atoms with Crippen LogP contribution in [0, 0.1) is 0 Å². The fourth-order valence-electron chi connectivity index (χ4n) is 7.26. The van der Waals surface area contributed by atoms with Gasteiger partial charge in [-0.25, -0.2) is 0 Å². The van der Waals surface area contributed by atoms with E-state index in [0.717, 1.165) is 0 Å². The molecule has 0 saturated heterocycles. The Bertz CT molecular complexity index is 2550. The summed E-state index contributed by atoms with van der Waals surface area (Å²) in [6.07, 6.45) is 0. The van der Waals surface area contributed by atoms with Crippen molar-refractivity contribution in [1.82, 2.24) is 0 Å². The third-order valence-electron chi connectivity index (χ3n) is 9.42. The third kappa shape index (κ3) is 4.38. The highest BCUT2D eigenvalue weighted by molar-refractivity contribution is 6.22. The molecule has 0 saturated carbocycles. The minimum atomic E-state index is 1.22. The Hall–Kier alpha value is -5.98. The Balaban J connectivity index is 1.28. The summed E-state index contributed by atoms with van der Waals surface area (Å²) < 4.78 is 0. The highest BCUT2D eigenvalue weighted by Crippen LogP contribution is 2.45. The van der Waals surface area contributed by atoms with E-state index in [2.05, 4.69) is 182 Å². The van der Waals surface area contributed by atoms with Gasteiger partial charge in [-0.1, -0.05) is 164 Å². The first kappa shape index (κ1) is 26.4. The van der Waals surface area contributed by atoms with E-state index in [1.165, 1.54) is 87.6 Å². The van der Waals surface area contributed by atoms with E-state index < -0.39 is 0 Å². The van der Waals surface area contributed by atoms with Gasteiger partial charge in [0.25, 0.3) is 0 Å². The van der Waals surface area contributed by atoms with Crippen molar-refractivity contribution in [3.05, 3.63) is 182 Å². The zero-order chi connectivity index (χ0) is 30.5. The molecule has 0 heteroatoms. The molecule has 0 spiro atoms. The lowest BCUT2D eigenvalue weighted by atomic mass is 9.85. The summed E-state index contributed by atoms with van der Waals surface area (Å²) in [5, 5.41) is 10.1. The SMILES string of the molecule is c1ccc(-c2c3ccccc3c(-c3ccccc3)c3cc(-c4ccc5ccc(-c6cccc7ccccc67)cc5c4)ccc23)cc1. The van der Waals surface area contributed by atoms with Crippen LogP contribution in [0.3, 0.4) is 0 Å². The van der Waals surface area contributed by atoms with Crippen LogP contribution in [0.1, 0.15) is 0 Å². The van der Waals surface area contributed by atoms with Crippen molar-refractivity contribution in [2.45, 2.75) is 0 Å². The molecular weight excluding hydrogens is 553 g/mol. The molecule has 0 aromatic heterocycles. The maximum absolute atomic E-state index is 2.41. The molecule has 0 aliphatic heterocycles. The molecule has 0 N–H and O–H groups in total. The van der Waals surface area contributed by atoms with Gasteiger partial charge in [0, 0.05) is 0 Å². The summed E-state index contributed by atoms with van der Waals surface area (Å²) in [4.78, 5) is 0. The largest absolute Gasteiger partial charge is 0.0622 e. The molecule has 0 nitrogen and oxygen atoms in total. The summed E-state index contributed by atoms with van der Waals surface area (Å²) in [5.74, 6) is 0. The first-order chi connectivity index (χ1) is 22.8. The van der Waals surface area contributed by atoms with Gasteiger partial charge in [0.2, 0.25) is 0 Å². The van der Waals surface area contributed by atoms with Crippen LogP contribution in [-0.2, 0) is 0 Å². The highest BCUT2D eigenvalue weighted by atomic mass is 14.2. The zero-order valence-electron chi connectivity index (χ0n) is 25.3. The predicted molar refractivity (Wildman–Crippen MR) is 198 cm³/mol. The van der Waals surface area contributed by atoms with Crippen molar-refractivity contribution in [2.75, 3.05) is 0 Å². The number of hydrogen-bond acceptors (Lipinski definition) is 0. The number of rotatable bonds is 4. The summed E-state index contributed by atoms with van der Waals surface area (Å²) in [6.45, 7) is 0. The van der Waals surface area contributed by atoms with Gasteiger partial charge >= 0.3 is 0 Å². The maximum atomic E-state index is 2.41. The van der Waals surface area contributed by atoms with Crippen LogP contribution in [-0.4, -0.2) is 0 Å². The van der Waals surface area contributed by atoms with E-state index in [1.807, 2.05) is 0 Å². The standard InChI is InChI=1S/C46H30/c1-3-13-33(14-4-1)45-41-19-9-10-20-42(41)46(34-15-5-2-6-16-34)44-30-36(26-27-43(44)45)35-24-22-31-23-25-37(29-38(31)28-35)40-21-11-17-32-12-7-8-18-39(32)40/h1-30H. The van der Waals surface area contributed by atoms with Gasteiger partial charge in [0.15, 0.2) is 0 Å². The van der Waals surface area contributed by atoms with E-state index in [1.54, 1.807) is 0 Å². The first-order valence-electron chi connectivity index (χ1n) is 15.9. The van der Waals surface area contributed by atoms with E-state index in [9.17, 15) is 0 Å². The number of benzene rings is 9. The van der Waals surface area contributed by atoms with Crippen LogP contribution >= 0.6 is 0 Å². The molecule has 0 radical (unpaired) electrons. The molecule has 0 unspecified atom stereocenters. The van der Waals surface area contributed by atoms with E-state index in [4.69, 9.17) is 0 Å². The van der Waals surface area contributed by atoms with Crippen LogP contribution < -0.4 is 0 Å². The third-order valence-corrected chi connectivity index (χ3v) is 9.42. The first-order valence-corrected chi connectivity index (χ1v) is 15.9. The summed E-state index contributed by atoms with van der Waals surface area (Å²) in [6, 6.07) is 66.5. The second kappa shape index (κ2) is 10.9. The van der Waals surface area contributed by atoms with Crippen molar-refractivity contribution in [3.8, 4) is 44.5 Å². The van der Waals surface area contributed by atoms with Gasteiger partial charge in [-0.15, -0.1) is 0 Å². The van der Waals surface area contributed by atoms with Gasteiger partial charge in [-0.3, -0.25) is 0 Å². The van der Waals surface area contributed by atoms with Gasteiger partial charge in [-0.2, -0.15) is 0 Å². The highest BCUT2D eigenvalue weighted by Gasteiger charge is 2.17. The van der Waals surface area contributed by atoms with Crippen molar-refractivity contribution in [1.29, 1.82) is 0 Å². The molecule has 0 bridgehead atoms. The van der Waals surface area contributed by atoms with Crippen LogP contribution in [0.2, 0.25) is 0 Å². The number of hydrogen-bond donors (Lipinski definition) is 0. The molecule has 0 aliphatic carbocycles. The van der Waals surface area contributed by atoms with Gasteiger partial charge in [0.1, 0.15) is 0 Å². The topological polar surface area (TPSA) is 0 Å². The van der Waals surface area contributed by atoms with Crippen LogP contribution in [0.15, 0.2) is 182 Å². The average molecular weight is 583 g/mol. The Morgan fingerprint density at radius 2 is 0.717 bits per heavy atom. The van der Waals surface area contributed by atoms with E-state index >= 15 is 0 Å². The van der Waals surface area contributed by atoms with Crippen molar-refractivity contribution < 1.29 is 0 Å². The van der Waals surface area contributed by atoms with E-state index in [0.29, 0.717) is 0 Å². The molecule has 46 heavy (non-hydrogen) atoms. The molecule has 0 atom stereocenters. The normalized spacial score (nSPS) is 11.5. The Kier molecular flexibility index (Phi) is 6.25. The van der Waals surface area contributed by atoms with Gasteiger partial charge in [0.05, 0.1) is 0 Å². The molecule has 0 fully saturated rings. The molecule has 0 amide bonds. The summed E-state index contributed by atoms with van der Waals surface area (Å²) >= 11 is 0. The second-order valence-electron chi connectivity index (χ2n) is 12.1. The molecule has 9 aromatic carbocycles. The summed E-state index contributed by atoms with van der Waals surface area (Å²) in [7, 11) is 0. The fourth-order valence-corrected chi connectivity index (χ4v) is 7.26. The molecule has 9 aromatic rings. The lowest BCUT2D eigenvalue weighted by Gasteiger charge is -2.19. The maximum Gasteiger partial charge on any atom is -0.00262 e. The molecular formula is C46H30. The number of fused-ring (bicyclic) bond motifs is 4. The van der Waals surface area contributed by atoms with E-state index in [-0.39, 0.29) is 0 Å². The van der Waals surface area contributed by atoms with Crippen LogP contribution in [0.25, 0.3) is 87.6 Å². The summed E-state index contributed by atoms with van der Waals surface area (Å²) in [5.41, 5.74) is 9.99. The Labute approximate surface area is 268 Å². The van der Waals surface area contributed by atoms with Crippen LogP contribution in [0.4, 0.5) is 0 Å². The quantitative estimate of drug-likeness (QED) is 0.181. The predicted octanol–water partition coefficient (Wildman–Crippen LogP) is 13.0. The van der Waals surface area contributed by atoms with Crippen LogP contribution in [0.5, 0.6) is 0 Å². The molecule has 0 heterocycles. The molecule has 0 aliphatic rings. The second-order valence-corrected chi connectivity index (χ2v) is 12.1. The Morgan fingerprint density at radius 3 is 1.43 bits per heavy atom. The van der Waals surface area contributed by atoms with Crippen molar-refractivity contribution in [2.24, 2.45) is 0 Å². The minimum absolute atomic E-state index is 1.22.